The van der Waals surface area contributed by atoms with Crippen molar-refractivity contribution in [2.45, 2.75) is 32.6 Å². The summed E-state index contributed by atoms with van der Waals surface area (Å²) in [6.07, 6.45) is 6.00. The second-order valence-electron chi connectivity index (χ2n) is 6.33. The molecule has 2 aromatic rings. The van der Waals surface area contributed by atoms with Gasteiger partial charge < -0.3 is 15.0 Å². The number of benzene rings is 1. The van der Waals surface area contributed by atoms with Gasteiger partial charge in [0.1, 0.15) is 5.75 Å². The van der Waals surface area contributed by atoms with Gasteiger partial charge in [-0.15, -0.1) is 0 Å². The molecule has 25 heavy (non-hydrogen) atoms. The van der Waals surface area contributed by atoms with Gasteiger partial charge in [-0.3, -0.25) is 0 Å². The molecule has 0 aliphatic carbocycles. The Morgan fingerprint density at radius 2 is 1.96 bits per heavy atom. The smallest absolute Gasteiger partial charge is 0.246 e. The van der Waals surface area contributed by atoms with E-state index in [4.69, 9.17) is 4.74 Å². The number of rotatable bonds is 12. The number of hydrogen-bond donors (Lipinski definition) is 3. The van der Waals surface area contributed by atoms with E-state index in [1.54, 1.807) is 6.07 Å². The Balaban J connectivity index is 1.78. The number of aromatic nitrogens is 1. The van der Waals surface area contributed by atoms with Gasteiger partial charge in [0, 0.05) is 23.6 Å². The van der Waals surface area contributed by atoms with Crippen molar-refractivity contribution in [3.63, 3.8) is 0 Å². The van der Waals surface area contributed by atoms with Crippen LogP contribution in [0.3, 0.4) is 0 Å². The van der Waals surface area contributed by atoms with Crippen LogP contribution in [0.5, 0.6) is 5.75 Å². The van der Waals surface area contributed by atoms with E-state index in [1.807, 2.05) is 31.4 Å². The molecule has 3 N–H and O–H groups in total. The molecule has 1 atom stereocenters. The molecule has 2 rings (SSSR count). The molecule has 0 fully saturated rings. The minimum Gasteiger partial charge on any atom is -0.476 e. The van der Waals surface area contributed by atoms with Crippen LogP contribution in [0.1, 0.15) is 32.6 Å². The maximum Gasteiger partial charge on any atom is 0.246 e. The highest BCUT2D eigenvalue weighted by Gasteiger charge is 2.13. The summed E-state index contributed by atoms with van der Waals surface area (Å²) in [5.74, 6) is 0.727. The molecule has 7 heteroatoms. The van der Waals surface area contributed by atoms with E-state index in [9.17, 15) is 8.42 Å². The fourth-order valence-corrected chi connectivity index (χ4v) is 3.72. The van der Waals surface area contributed by atoms with Gasteiger partial charge in [0.25, 0.3) is 0 Å². The summed E-state index contributed by atoms with van der Waals surface area (Å²) in [4.78, 5) is 3.09. The van der Waals surface area contributed by atoms with Gasteiger partial charge in [-0.1, -0.05) is 19.8 Å². The van der Waals surface area contributed by atoms with Gasteiger partial charge in [-0.05, 0) is 56.6 Å². The van der Waals surface area contributed by atoms with Crippen LogP contribution in [-0.4, -0.2) is 39.5 Å². The second kappa shape index (κ2) is 9.79. The lowest BCUT2D eigenvalue weighted by Gasteiger charge is -2.16. The molecule has 1 aromatic heterocycles. The molecule has 0 saturated carbocycles. The summed E-state index contributed by atoms with van der Waals surface area (Å²) in [5.41, 5.74) is 0.997. The molecule has 0 spiro atoms. The molecular formula is C18H29N3O3S. The van der Waals surface area contributed by atoms with Crippen LogP contribution in [0.4, 0.5) is 0 Å². The van der Waals surface area contributed by atoms with Crippen molar-refractivity contribution in [3.8, 4) is 5.75 Å². The Morgan fingerprint density at radius 1 is 1.16 bits per heavy atom. The molecule has 6 nitrogen and oxygen atoms in total. The number of aromatic amines is 1. The molecule has 0 aliphatic heterocycles. The fraction of sp³-hybridized carbons (Fsp3) is 0.556. The third-order valence-electron chi connectivity index (χ3n) is 4.28. The number of sulfonamides is 1. The Bertz CT molecular complexity index is 743. The van der Waals surface area contributed by atoms with Crippen LogP contribution in [0, 0.1) is 5.92 Å². The van der Waals surface area contributed by atoms with Crippen molar-refractivity contribution in [1.82, 2.24) is 15.0 Å². The van der Waals surface area contributed by atoms with Crippen LogP contribution >= 0.6 is 0 Å². The largest absolute Gasteiger partial charge is 0.476 e. The van der Waals surface area contributed by atoms with E-state index < -0.39 is 10.0 Å². The van der Waals surface area contributed by atoms with E-state index in [-0.39, 0.29) is 5.94 Å². The minimum atomic E-state index is -3.45. The molecule has 1 aromatic carbocycles. The topological polar surface area (TPSA) is 83.2 Å². The summed E-state index contributed by atoms with van der Waals surface area (Å²) in [7, 11) is -1.51. The van der Waals surface area contributed by atoms with Crippen LogP contribution in [0.15, 0.2) is 30.5 Å². The zero-order valence-corrected chi connectivity index (χ0v) is 15.9. The lowest BCUT2D eigenvalue weighted by Crippen LogP contribution is -2.31. The van der Waals surface area contributed by atoms with Crippen LogP contribution in [-0.2, 0) is 10.0 Å². The third kappa shape index (κ3) is 6.68. The van der Waals surface area contributed by atoms with E-state index >= 15 is 0 Å². The second-order valence-corrected chi connectivity index (χ2v) is 8.09. The highest BCUT2D eigenvalue weighted by atomic mass is 32.2. The highest BCUT2D eigenvalue weighted by molar-refractivity contribution is 7.89. The first kappa shape index (κ1) is 19.8. The molecule has 0 saturated heterocycles. The van der Waals surface area contributed by atoms with Crippen LogP contribution < -0.4 is 14.8 Å². The Kier molecular flexibility index (Phi) is 7.74. The normalized spacial score (nSPS) is 13.2. The van der Waals surface area contributed by atoms with Gasteiger partial charge >= 0.3 is 0 Å². The van der Waals surface area contributed by atoms with Gasteiger partial charge in [0.15, 0.2) is 0 Å². The molecule has 140 valence electrons. The van der Waals surface area contributed by atoms with E-state index in [0.29, 0.717) is 18.2 Å². The minimum absolute atomic E-state index is 0.363. The Hall–Kier alpha value is -1.57. The molecular weight excluding hydrogens is 338 g/mol. The highest BCUT2D eigenvalue weighted by Crippen LogP contribution is 2.20. The lowest BCUT2D eigenvalue weighted by atomic mass is 9.96. The summed E-state index contributed by atoms with van der Waals surface area (Å²) < 4.78 is 32.3. The van der Waals surface area contributed by atoms with E-state index in [0.717, 1.165) is 43.1 Å². The van der Waals surface area contributed by atoms with Crippen LogP contribution in [0.25, 0.3) is 10.9 Å². The fourth-order valence-electron chi connectivity index (χ4n) is 2.92. The predicted molar refractivity (Wildman–Crippen MR) is 102 cm³/mol. The van der Waals surface area contributed by atoms with Crippen molar-refractivity contribution < 1.29 is 13.2 Å². The van der Waals surface area contributed by atoms with Gasteiger partial charge in [-0.25, -0.2) is 13.1 Å². The number of H-pyrrole nitrogens is 1. The lowest BCUT2D eigenvalue weighted by molar-refractivity contribution is 0.371. The molecule has 1 heterocycles. The maximum absolute atomic E-state index is 12.1. The summed E-state index contributed by atoms with van der Waals surface area (Å²) in [6.45, 7) is 3.57. The Labute approximate surface area is 150 Å². The molecule has 0 amide bonds. The first-order chi connectivity index (χ1) is 12.0. The standard InChI is InChI=1S/C18H29N3O3S/c1-3-4-15(7-10-19-2)8-12-21-25(22,23)14-24-17-5-6-18-16(13-17)9-11-20-18/h5-6,9,11,13,15,19-21H,3-4,7-8,10,12,14H2,1-2H3. The molecule has 0 radical (unpaired) electrons. The quantitative estimate of drug-likeness (QED) is 0.539. The number of nitrogens with one attached hydrogen (secondary N) is 3. The van der Waals surface area contributed by atoms with Crippen molar-refractivity contribution >= 4 is 20.9 Å². The van der Waals surface area contributed by atoms with Gasteiger partial charge in [0.05, 0.1) is 0 Å². The molecule has 0 aliphatic rings. The van der Waals surface area contributed by atoms with Crippen molar-refractivity contribution in [3.05, 3.63) is 30.5 Å². The average Bonchev–Trinajstić information content (AvgIpc) is 3.05. The SMILES string of the molecule is CCCC(CCNC)CCNS(=O)(=O)COc1ccc2[nH]ccc2c1. The van der Waals surface area contributed by atoms with E-state index in [2.05, 4.69) is 21.9 Å². The maximum atomic E-state index is 12.1. The Morgan fingerprint density at radius 3 is 2.72 bits per heavy atom. The van der Waals surface area contributed by atoms with Crippen molar-refractivity contribution in [2.24, 2.45) is 5.92 Å². The summed E-state index contributed by atoms with van der Waals surface area (Å²) in [6, 6.07) is 7.40. The summed E-state index contributed by atoms with van der Waals surface area (Å²) >= 11 is 0. The first-order valence-corrected chi connectivity index (χ1v) is 10.5. The predicted octanol–water partition coefficient (Wildman–Crippen LogP) is 2.84. The van der Waals surface area contributed by atoms with Crippen molar-refractivity contribution in [1.29, 1.82) is 0 Å². The number of hydrogen-bond acceptors (Lipinski definition) is 4. The third-order valence-corrected chi connectivity index (χ3v) is 5.35. The monoisotopic (exact) mass is 367 g/mol. The number of fused-ring (bicyclic) bond motifs is 1. The van der Waals surface area contributed by atoms with Gasteiger partial charge in [0.2, 0.25) is 16.0 Å². The zero-order chi connectivity index (χ0) is 18.1. The zero-order valence-electron chi connectivity index (χ0n) is 15.0. The average molecular weight is 368 g/mol. The van der Waals surface area contributed by atoms with Crippen molar-refractivity contribution in [2.75, 3.05) is 26.1 Å². The summed E-state index contributed by atoms with van der Waals surface area (Å²) in [5, 5.41) is 4.15. The first-order valence-electron chi connectivity index (χ1n) is 8.86. The van der Waals surface area contributed by atoms with Crippen LogP contribution in [0.2, 0.25) is 0 Å². The number of ether oxygens (including phenoxy) is 1. The molecule has 1 unspecified atom stereocenters. The molecule has 0 bridgehead atoms. The van der Waals surface area contributed by atoms with Gasteiger partial charge in [-0.2, -0.15) is 0 Å². The van der Waals surface area contributed by atoms with E-state index in [1.165, 1.54) is 0 Å².